The molecular formula is C21H24F2N2O2S. The SMILES string of the molecule is C=C1NCc2cc(CS(=O)(=O)Cc3cc(F)c(C)c(F)c3)ccc2N1CCC. The molecule has 3 rings (SSSR count). The van der Waals surface area contributed by atoms with Gasteiger partial charge in [0.2, 0.25) is 0 Å². The highest BCUT2D eigenvalue weighted by atomic mass is 32.2. The molecule has 0 spiro atoms. The topological polar surface area (TPSA) is 49.4 Å². The highest BCUT2D eigenvalue weighted by Crippen LogP contribution is 2.29. The van der Waals surface area contributed by atoms with Gasteiger partial charge in [-0.15, -0.1) is 0 Å². The van der Waals surface area contributed by atoms with Gasteiger partial charge < -0.3 is 10.2 Å². The largest absolute Gasteiger partial charge is 0.368 e. The summed E-state index contributed by atoms with van der Waals surface area (Å²) in [4.78, 5) is 2.08. The van der Waals surface area contributed by atoms with E-state index in [1.54, 1.807) is 6.07 Å². The summed E-state index contributed by atoms with van der Waals surface area (Å²) in [5, 5.41) is 3.22. The number of fused-ring (bicyclic) bond motifs is 1. The molecule has 7 heteroatoms. The molecule has 2 aromatic rings. The van der Waals surface area contributed by atoms with Crippen molar-refractivity contribution in [2.24, 2.45) is 0 Å². The average Bonchev–Trinajstić information content (AvgIpc) is 2.61. The van der Waals surface area contributed by atoms with Crippen LogP contribution in [-0.4, -0.2) is 15.0 Å². The summed E-state index contributed by atoms with van der Waals surface area (Å²) >= 11 is 0. The summed E-state index contributed by atoms with van der Waals surface area (Å²) in [5.74, 6) is -1.23. The molecule has 0 fully saturated rings. The fraction of sp³-hybridized carbons (Fsp3) is 0.333. The van der Waals surface area contributed by atoms with Crippen molar-refractivity contribution in [2.45, 2.75) is 38.3 Å². The van der Waals surface area contributed by atoms with E-state index >= 15 is 0 Å². The molecule has 150 valence electrons. The van der Waals surface area contributed by atoms with Crippen molar-refractivity contribution in [3.63, 3.8) is 0 Å². The normalized spacial score (nSPS) is 14.0. The maximum absolute atomic E-state index is 13.7. The summed E-state index contributed by atoms with van der Waals surface area (Å²) in [6.45, 7) is 8.82. The number of nitrogens with one attached hydrogen (secondary N) is 1. The molecule has 0 saturated carbocycles. The molecule has 4 nitrogen and oxygen atoms in total. The molecule has 1 aliphatic rings. The lowest BCUT2D eigenvalue weighted by molar-refractivity contribution is 0.565. The van der Waals surface area contributed by atoms with E-state index in [-0.39, 0.29) is 16.9 Å². The predicted molar refractivity (Wildman–Crippen MR) is 107 cm³/mol. The maximum Gasteiger partial charge on any atom is 0.158 e. The molecule has 0 saturated heterocycles. The minimum Gasteiger partial charge on any atom is -0.368 e. The summed E-state index contributed by atoms with van der Waals surface area (Å²) in [6, 6.07) is 7.73. The Balaban J connectivity index is 1.81. The molecule has 0 aromatic heterocycles. The second-order valence-electron chi connectivity index (χ2n) is 7.13. The quantitative estimate of drug-likeness (QED) is 0.782. The van der Waals surface area contributed by atoms with E-state index in [1.807, 2.05) is 12.1 Å². The van der Waals surface area contributed by atoms with Gasteiger partial charge in [0.15, 0.2) is 9.84 Å². The van der Waals surface area contributed by atoms with Crippen LogP contribution < -0.4 is 10.2 Å². The fourth-order valence-electron chi connectivity index (χ4n) is 3.39. The predicted octanol–water partition coefficient (Wildman–Crippen LogP) is 4.18. The van der Waals surface area contributed by atoms with Crippen molar-refractivity contribution < 1.29 is 17.2 Å². The van der Waals surface area contributed by atoms with Gasteiger partial charge in [0.25, 0.3) is 0 Å². The maximum atomic E-state index is 13.7. The molecule has 0 unspecified atom stereocenters. The number of sulfone groups is 1. The van der Waals surface area contributed by atoms with Crippen LogP contribution in [0.3, 0.4) is 0 Å². The first kappa shape index (κ1) is 20.3. The molecule has 1 aliphatic heterocycles. The Morgan fingerprint density at radius 1 is 1.11 bits per heavy atom. The lowest BCUT2D eigenvalue weighted by Crippen LogP contribution is -2.36. The van der Waals surface area contributed by atoms with E-state index in [0.717, 1.165) is 42.2 Å². The Bertz CT molecular complexity index is 996. The molecule has 0 aliphatic carbocycles. The zero-order chi connectivity index (χ0) is 20.5. The first-order valence-electron chi connectivity index (χ1n) is 9.17. The van der Waals surface area contributed by atoms with Gasteiger partial charge in [-0.2, -0.15) is 0 Å². The van der Waals surface area contributed by atoms with Crippen LogP contribution in [0.5, 0.6) is 0 Å². The molecule has 1 N–H and O–H groups in total. The van der Waals surface area contributed by atoms with Crippen molar-refractivity contribution in [1.82, 2.24) is 5.32 Å². The summed E-state index contributed by atoms with van der Waals surface area (Å²) in [7, 11) is -3.58. The van der Waals surface area contributed by atoms with E-state index in [1.165, 1.54) is 6.92 Å². The van der Waals surface area contributed by atoms with E-state index in [4.69, 9.17) is 0 Å². The number of benzene rings is 2. The van der Waals surface area contributed by atoms with Crippen LogP contribution in [0.1, 0.15) is 35.6 Å². The third-order valence-electron chi connectivity index (χ3n) is 4.80. The first-order chi connectivity index (χ1) is 13.2. The van der Waals surface area contributed by atoms with E-state index in [2.05, 4.69) is 23.7 Å². The highest BCUT2D eigenvalue weighted by Gasteiger charge is 2.21. The Morgan fingerprint density at radius 3 is 2.39 bits per heavy atom. The van der Waals surface area contributed by atoms with Gasteiger partial charge in [-0.1, -0.05) is 25.6 Å². The second kappa shape index (κ2) is 7.91. The Morgan fingerprint density at radius 2 is 1.75 bits per heavy atom. The van der Waals surface area contributed by atoms with Crippen LogP contribution in [0.2, 0.25) is 0 Å². The van der Waals surface area contributed by atoms with Gasteiger partial charge in [-0.05, 0) is 48.2 Å². The van der Waals surface area contributed by atoms with E-state index < -0.39 is 27.2 Å². The second-order valence-corrected chi connectivity index (χ2v) is 9.20. The molecule has 0 atom stereocenters. The molecule has 0 amide bonds. The lowest BCUT2D eigenvalue weighted by Gasteiger charge is -2.34. The smallest absolute Gasteiger partial charge is 0.158 e. The van der Waals surface area contributed by atoms with Gasteiger partial charge >= 0.3 is 0 Å². The van der Waals surface area contributed by atoms with Crippen molar-refractivity contribution in [3.8, 4) is 0 Å². The molecule has 28 heavy (non-hydrogen) atoms. The van der Waals surface area contributed by atoms with Crippen LogP contribution in [-0.2, 0) is 27.9 Å². The summed E-state index contributed by atoms with van der Waals surface area (Å²) < 4.78 is 52.6. The monoisotopic (exact) mass is 406 g/mol. The van der Waals surface area contributed by atoms with Crippen LogP contribution >= 0.6 is 0 Å². The molecule has 0 bridgehead atoms. The highest BCUT2D eigenvalue weighted by molar-refractivity contribution is 7.89. The third kappa shape index (κ3) is 4.35. The van der Waals surface area contributed by atoms with Crippen molar-refractivity contribution in [1.29, 1.82) is 0 Å². The van der Waals surface area contributed by atoms with Crippen LogP contribution in [0.25, 0.3) is 0 Å². The van der Waals surface area contributed by atoms with Crippen molar-refractivity contribution in [2.75, 3.05) is 11.4 Å². The molecular weight excluding hydrogens is 382 g/mol. The van der Waals surface area contributed by atoms with Gasteiger partial charge in [0, 0.05) is 24.3 Å². The van der Waals surface area contributed by atoms with Crippen LogP contribution in [0.15, 0.2) is 42.7 Å². The minimum atomic E-state index is -3.58. The Labute approximate surface area is 164 Å². The number of hydrogen-bond donors (Lipinski definition) is 1. The summed E-state index contributed by atoms with van der Waals surface area (Å²) in [6.07, 6.45) is 0.958. The molecule has 1 heterocycles. The number of hydrogen-bond acceptors (Lipinski definition) is 4. The van der Waals surface area contributed by atoms with Crippen LogP contribution in [0.4, 0.5) is 14.5 Å². The van der Waals surface area contributed by atoms with Crippen LogP contribution in [0, 0.1) is 18.6 Å². The van der Waals surface area contributed by atoms with Gasteiger partial charge in [-0.25, -0.2) is 17.2 Å². The molecule has 2 aromatic carbocycles. The fourth-order valence-corrected chi connectivity index (χ4v) is 4.85. The number of rotatable bonds is 6. The van der Waals surface area contributed by atoms with Crippen molar-refractivity contribution >= 4 is 15.5 Å². The van der Waals surface area contributed by atoms with Gasteiger partial charge in [0.1, 0.15) is 11.6 Å². The molecule has 0 radical (unpaired) electrons. The number of nitrogens with zero attached hydrogens (tertiary/aromatic N) is 1. The zero-order valence-electron chi connectivity index (χ0n) is 16.1. The van der Waals surface area contributed by atoms with E-state index in [9.17, 15) is 17.2 Å². The van der Waals surface area contributed by atoms with Gasteiger partial charge in [-0.3, -0.25) is 0 Å². The lowest BCUT2D eigenvalue weighted by atomic mass is 10.1. The standard InChI is InChI=1S/C21H24F2N2O2S/c1-4-7-25-15(3)24-11-18-8-16(5-6-21(18)25)12-28(26,27)13-17-9-19(22)14(2)20(23)10-17/h5-6,8-10,24H,3-4,7,11-13H2,1-2H3. The van der Waals surface area contributed by atoms with Crippen molar-refractivity contribution in [3.05, 3.63) is 76.6 Å². The van der Waals surface area contributed by atoms with Gasteiger partial charge in [0.05, 0.1) is 17.3 Å². The first-order valence-corrected chi connectivity index (χ1v) is 11.0. The third-order valence-corrected chi connectivity index (χ3v) is 6.35. The average molecular weight is 406 g/mol. The zero-order valence-corrected chi connectivity index (χ0v) is 16.9. The van der Waals surface area contributed by atoms with E-state index in [0.29, 0.717) is 12.1 Å². The minimum absolute atomic E-state index is 0.110. The Kier molecular flexibility index (Phi) is 5.74. The number of anilines is 1. The number of halogens is 2. The summed E-state index contributed by atoms with van der Waals surface area (Å²) in [5.41, 5.74) is 2.68. The Hall–Kier alpha value is -2.41.